The Labute approximate surface area is 120 Å². The number of thiophene rings is 1. The Kier molecular flexibility index (Phi) is 4.76. The van der Waals surface area contributed by atoms with Gasteiger partial charge in [0.15, 0.2) is 5.76 Å². The molecule has 2 aromatic rings. The molecule has 0 aromatic carbocycles. The first kappa shape index (κ1) is 13.8. The molecule has 0 atom stereocenters. The number of hydrogen-bond donors (Lipinski definition) is 1. The van der Waals surface area contributed by atoms with Crippen LogP contribution < -0.4 is 5.43 Å². The van der Waals surface area contributed by atoms with Crippen LogP contribution in [0.3, 0.4) is 0 Å². The summed E-state index contributed by atoms with van der Waals surface area (Å²) in [5.74, 6) is -0.120. The summed E-state index contributed by atoms with van der Waals surface area (Å²) in [6.45, 7) is 2.05. The minimum atomic E-state index is -0.360. The quantitative estimate of drug-likeness (QED) is 0.671. The van der Waals surface area contributed by atoms with Crippen LogP contribution >= 0.6 is 22.9 Å². The van der Waals surface area contributed by atoms with Gasteiger partial charge in [-0.1, -0.05) is 24.9 Å². The maximum Gasteiger partial charge on any atom is 0.307 e. The fraction of sp³-hybridized carbons (Fsp3) is 0.231. The predicted octanol–water partition coefficient (Wildman–Crippen LogP) is 3.93. The standard InChI is InChI=1S/C13H13ClN2O2S/c1-2-4-9(11-6-7-12(14)19-11)15-16-13(17)10-5-3-8-18-10/h3,5-8H,2,4H2,1H3,(H,16,17). The summed E-state index contributed by atoms with van der Waals surface area (Å²) in [6, 6.07) is 6.97. The molecule has 2 rings (SSSR count). The van der Waals surface area contributed by atoms with Crippen molar-refractivity contribution in [2.24, 2.45) is 5.10 Å². The summed E-state index contributed by atoms with van der Waals surface area (Å²) in [5.41, 5.74) is 3.32. The van der Waals surface area contributed by atoms with Crippen LogP contribution in [0.5, 0.6) is 0 Å². The molecule has 4 nitrogen and oxygen atoms in total. The van der Waals surface area contributed by atoms with Gasteiger partial charge >= 0.3 is 5.91 Å². The van der Waals surface area contributed by atoms with Crippen LogP contribution in [0.2, 0.25) is 4.34 Å². The average molecular weight is 297 g/mol. The van der Waals surface area contributed by atoms with Gasteiger partial charge in [-0.2, -0.15) is 5.10 Å². The van der Waals surface area contributed by atoms with Crippen molar-refractivity contribution in [1.29, 1.82) is 0 Å². The number of hydrogen-bond acceptors (Lipinski definition) is 4. The van der Waals surface area contributed by atoms with Crippen molar-refractivity contribution in [2.45, 2.75) is 19.8 Å². The number of nitrogens with zero attached hydrogens (tertiary/aromatic N) is 1. The fourth-order valence-corrected chi connectivity index (χ4v) is 2.58. The third-order valence-corrected chi connectivity index (χ3v) is 3.66. The number of furan rings is 1. The van der Waals surface area contributed by atoms with Crippen LogP contribution in [0.25, 0.3) is 0 Å². The molecule has 19 heavy (non-hydrogen) atoms. The van der Waals surface area contributed by atoms with Gasteiger partial charge in [0, 0.05) is 0 Å². The molecule has 6 heteroatoms. The van der Waals surface area contributed by atoms with Crippen molar-refractivity contribution in [3.05, 3.63) is 45.5 Å². The third-order valence-electron chi connectivity index (χ3n) is 2.38. The summed E-state index contributed by atoms with van der Waals surface area (Å²) in [5, 5.41) is 4.16. The number of rotatable bonds is 5. The molecule has 2 aromatic heterocycles. The van der Waals surface area contributed by atoms with Crippen LogP contribution in [-0.2, 0) is 0 Å². The van der Waals surface area contributed by atoms with E-state index in [1.807, 2.05) is 12.1 Å². The number of nitrogens with one attached hydrogen (secondary N) is 1. The smallest absolute Gasteiger partial charge is 0.307 e. The number of halogens is 1. The molecule has 0 spiro atoms. The minimum absolute atomic E-state index is 0.240. The Balaban J connectivity index is 2.11. The molecule has 0 bridgehead atoms. The molecule has 0 unspecified atom stereocenters. The van der Waals surface area contributed by atoms with Crippen LogP contribution in [0.15, 0.2) is 40.0 Å². The molecular formula is C13H13ClN2O2S. The highest BCUT2D eigenvalue weighted by molar-refractivity contribution is 7.18. The molecule has 0 radical (unpaired) electrons. The third kappa shape index (κ3) is 3.68. The number of hydrazone groups is 1. The lowest BCUT2D eigenvalue weighted by Gasteiger charge is -2.02. The van der Waals surface area contributed by atoms with Gasteiger partial charge in [0.05, 0.1) is 21.2 Å². The zero-order valence-corrected chi connectivity index (χ0v) is 11.9. The van der Waals surface area contributed by atoms with E-state index in [9.17, 15) is 4.79 Å². The zero-order valence-electron chi connectivity index (χ0n) is 10.4. The first-order valence-corrected chi connectivity index (χ1v) is 7.06. The average Bonchev–Trinajstić information content (AvgIpc) is 3.05. The van der Waals surface area contributed by atoms with E-state index in [2.05, 4.69) is 17.5 Å². The van der Waals surface area contributed by atoms with Crippen molar-refractivity contribution < 1.29 is 9.21 Å². The normalized spacial score (nSPS) is 11.6. The highest BCUT2D eigenvalue weighted by Gasteiger charge is 2.10. The summed E-state index contributed by atoms with van der Waals surface area (Å²) >= 11 is 7.35. The van der Waals surface area contributed by atoms with E-state index in [4.69, 9.17) is 16.0 Å². The SMILES string of the molecule is CCCC(=NNC(=O)c1ccco1)c1ccc(Cl)s1. The summed E-state index contributed by atoms with van der Waals surface area (Å²) in [7, 11) is 0. The minimum Gasteiger partial charge on any atom is -0.459 e. The van der Waals surface area contributed by atoms with E-state index < -0.39 is 0 Å². The second-order valence-corrected chi connectivity index (χ2v) is 5.55. The lowest BCUT2D eigenvalue weighted by molar-refractivity contribution is 0.0927. The van der Waals surface area contributed by atoms with E-state index in [-0.39, 0.29) is 11.7 Å². The second-order valence-electron chi connectivity index (χ2n) is 3.83. The van der Waals surface area contributed by atoms with Gasteiger partial charge in [-0.15, -0.1) is 11.3 Å². The van der Waals surface area contributed by atoms with E-state index in [1.165, 1.54) is 17.6 Å². The molecule has 2 heterocycles. The lowest BCUT2D eigenvalue weighted by atomic mass is 10.2. The van der Waals surface area contributed by atoms with E-state index in [1.54, 1.807) is 12.1 Å². The van der Waals surface area contributed by atoms with Gasteiger partial charge in [0.1, 0.15) is 0 Å². The molecule has 100 valence electrons. The van der Waals surface area contributed by atoms with Crippen molar-refractivity contribution in [1.82, 2.24) is 5.43 Å². The van der Waals surface area contributed by atoms with Gasteiger partial charge in [-0.3, -0.25) is 4.79 Å². The molecule has 1 amide bonds. The van der Waals surface area contributed by atoms with E-state index in [0.29, 0.717) is 4.34 Å². The maximum atomic E-state index is 11.7. The summed E-state index contributed by atoms with van der Waals surface area (Å²) in [4.78, 5) is 12.7. The molecule has 0 saturated carbocycles. The van der Waals surface area contributed by atoms with Gasteiger partial charge < -0.3 is 4.42 Å². The topological polar surface area (TPSA) is 54.6 Å². The molecular weight excluding hydrogens is 284 g/mol. The Morgan fingerprint density at radius 3 is 2.89 bits per heavy atom. The maximum absolute atomic E-state index is 11.7. The van der Waals surface area contributed by atoms with Crippen LogP contribution in [0.4, 0.5) is 0 Å². The zero-order chi connectivity index (χ0) is 13.7. The van der Waals surface area contributed by atoms with Crippen molar-refractivity contribution in [3.8, 4) is 0 Å². The Morgan fingerprint density at radius 1 is 1.47 bits per heavy atom. The number of carbonyl (C=O) groups excluding carboxylic acids is 1. The highest BCUT2D eigenvalue weighted by Crippen LogP contribution is 2.23. The summed E-state index contributed by atoms with van der Waals surface area (Å²) < 4.78 is 5.70. The predicted molar refractivity (Wildman–Crippen MR) is 76.9 cm³/mol. The van der Waals surface area contributed by atoms with Crippen LogP contribution in [-0.4, -0.2) is 11.6 Å². The molecule has 0 aliphatic carbocycles. The van der Waals surface area contributed by atoms with Gasteiger partial charge in [0.2, 0.25) is 0 Å². The Bertz CT molecular complexity index is 575. The highest BCUT2D eigenvalue weighted by atomic mass is 35.5. The molecule has 0 saturated heterocycles. The van der Waals surface area contributed by atoms with Crippen molar-refractivity contribution in [2.75, 3.05) is 0 Å². The van der Waals surface area contributed by atoms with E-state index in [0.717, 1.165) is 23.4 Å². The van der Waals surface area contributed by atoms with E-state index >= 15 is 0 Å². The molecule has 0 aliphatic heterocycles. The van der Waals surface area contributed by atoms with Crippen molar-refractivity contribution >= 4 is 34.6 Å². The Morgan fingerprint density at radius 2 is 2.32 bits per heavy atom. The lowest BCUT2D eigenvalue weighted by Crippen LogP contribution is -2.19. The first-order chi connectivity index (χ1) is 9.20. The number of amides is 1. The molecule has 0 aliphatic rings. The largest absolute Gasteiger partial charge is 0.459 e. The van der Waals surface area contributed by atoms with Gasteiger partial charge in [-0.05, 0) is 30.7 Å². The number of carbonyl (C=O) groups is 1. The summed E-state index contributed by atoms with van der Waals surface area (Å²) in [6.07, 6.45) is 3.16. The van der Waals surface area contributed by atoms with Crippen LogP contribution in [0.1, 0.15) is 35.2 Å². The molecule has 1 N–H and O–H groups in total. The van der Waals surface area contributed by atoms with Crippen molar-refractivity contribution in [3.63, 3.8) is 0 Å². The van der Waals surface area contributed by atoms with Crippen LogP contribution in [0, 0.1) is 0 Å². The second kappa shape index (κ2) is 6.54. The monoisotopic (exact) mass is 296 g/mol. The Hall–Kier alpha value is -1.59. The molecule has 0 fully saturated rings. The first-order valence-electron chi connectivity index (χ1n) is 5.87. The fourth-order valence-electron chi connectivity index (χ4n) is 1.52. The van der Waals surface area contributed by atoms with Gasteiger partial charge in [-0.25, -0.2) is 5.43 Å². The van der Waals surface area contributed by atoms with Gasteiger partial charge in [0.25, 0.3) is 0 Å².